The van der Waals surface area contributed by atoms with Gasteiger partial charge >= 0.3 is 0 Å². The molecule has 0 aliphatic rings. The van der Waals surface area contributed by atoms with Gasteiger partial charge in [0.15, 0.2) is 0 Å². The van der Waals surface area contributed by atoms with Crippen molar-refractivity contribution in [1.82, 2.24) is 0 Å². The molecule has 0 radical (unpaired) electrons. The molecular weight excluding hydrogens is 310 g/mol. The van der Waals surface area contributed by atoms with E-state index >= 15 is 0 Å². The summed E-state index contributed by atoms with van der Waals surface area (Å²) in [6, 6.07) is 10.7. The maximum absolute atomic E-state index is 6.50. The summed E-state index contributed by atoms with van der Waals surface area (Å²) < 4.78 is 1.11. The first-order valence-corrected chi connectivity index (χ1v) is 7.76. The van der Waals surface area contributed by atoms with Crippen LogP contribution < -0.4 is 5.73 Å². The summed E-state index contributed by atoms with van der Waals surface area (Å²) in [7, 11) is 0. The van der Waals surface area contributed by atoms with Gasteiger partial charge in [-0.15, -0.1) is 0 Å². The molecule has 0 saturated heterocycles. The fourth-order valence-electron chi connectivity index (χ4n) is 2.82. The Kier molecular flexibility index (Phi) is 4.66. The molecule has 106 valence electrons. The second-order valence-corrected chi connectivity index (χ2v) is 6.53. The van der Waals surface area contributed by atoms with Crippen LogP contribution in [0.2, 0.25) is 0 Å². The highest BCUT2D eigenvalue weighted by Gasteiger charge is 2.15. The van der Waals surface area contributed by atoms with Crippen molar-refractivity contribution >= 4 is 15.9 Å². The van der Waals surface area contributed by atoms with Gasteiger partial charge in [-0.25, -0.2) is 0 Å². The fourth-order valence-corrected chi connectivity index (χ4v) is 3.27. The largest absolute Gasteiger partial charge is 0.324 e. The first-order chi connectivity index (χ1) is 9.40. The lowest BCUT2D eigenvalue weighted by atomic mass is 9.87. The molecule has 0 aliphatic carbocycles. The minimum absolute atomic E-state index is 0.0444. The van der Waals surface area contributed by atoms with Crippen molar-refractivity contribution in [3.8, 4) is 0 Å². The predicted octanol–water partition coefficient (Wildman–Crippen LogP) is 4.93. The smallest absolute Gasteiger partial charge is 0.0341 e. The highest BCUT2D eigenvalue weighted by molar-refractivity contribution is 9.10. The molecule has 0 amide bonds. The first-order valence-electron chi connectivity index (χ1n) is 6.97. The Labute approximate surface area is 130 Å². The quantitative estimate of drug-likeness (QED) is 0.848. The number of rotatable bonds is 3. The van der Waals surface area contributed by atoms with Gasteiger partial charge in [0.1, 0.15) is 0 Å². The molecule has 0 saturated carbocycles. The maximum Gasteiger partial charge on any atom is 0.0341 e. The van der Waals surface area contributed by atoms with E-state index in [4.69, 9.17) is 5.73 Å². The number of hydrogen-bond acceptors (Lipinski definition) is 1. The molecule has 2 aromatic rings. The van der Waals surface area contributed by atoms with E-state index in [1.54, 1.807) is 0 Å². The van der Waals surface area contributed by atoms with E-state index in [-0.39, 0.29) is 6.04 Å². The van der Waals surface area contributed by atoms with Gasteiger partial charge in [-0.3, -0.25) is 0 Å². The minimum atomic E-state index is 0.0444. The monoisotopic (exact) mass is 331 g/mol. The van der Waals surface area contributed by atoms with Crippen molar-refractivity contribution in [2.45, 2.75) is 40.2 Å². The number of aryl methyl sites for hydroxylation is 2. The summed E-state index contributed by atoms with van der Waals surface area (Å²) in [5.74, 6) is 0. The second kappa shape index (κ2) is 6.11. The lowest BCUT2D eigenvalue weighted by Gasteiger charge is -2.21. The molecule has 1 unspecified atom stereocenters. The summed E-state index contributed by atoms with van der Waals surface area (Å²) in [6.45, 7) is 8.68. The highest BCUT2D eigenvalue weighted by atomic mass is 79.9. The van der Waals surface area contributed by atoms with Crippen molar-refractivity contribution in [1.29, 1.82) is 0 Å². The molecule has 0 fully saturated rings. The van der Waals surface area contributed by atoms with Crippen molar-refractivity contribution in [3.63, 3.8) is 0 Å². The molecule has 0 aromatic heterocycles. The van der Waals surface area contributed by atoms with Crippen LogP contribution >= 0.6 is 15.9 Å². The number of benzene rings is 2. The lowest BCUT2D eigenvalue weighted by Crippen LogP contribution is -2.17. The van der Waals surface area contributed by atoms with Crippen molar-refractivity contribution < 1.29 is 0 Å². The molecule has 0 spiro atoms. The Morgan fingerprint density at radius 3 is 2.15 bits per heavy atom. The molecule has 20 heavy (non-hydrogen) atoms. The van der Waals surface area contributed by atoms with Gasteiger partial charge in [-0.1, -0.05) is 34.1 Å². The maximum atomic E-state index is 6.50. The predicted molar refractivity (Wildman–Crippen MR) is 90.2 cm³/mol. The van der Waals surface area contributed by atoms with Crippen LogP contribution in [0.25, 0.3) is 0 Å². The molecule has 1 atom stereocenters. The van der Waals surface area contributed by atoms with Crippen LogP contribution in [0.3, 0.4) is 0 Å². The zero-order valence-corrected chi connectivity index (χ0v) is 14.2. The molecule has 2 rings (SSSR count). The summed E-state index contributed by atoms with van der Waals surface area (Å²) in [5.41, 5.74) is 14.4. The van der Waals surface area contributed by atoms with Gasteiger partial charge in [-0.05, 0) is 79.6 Å². The number of nitrogens with two attached hydrogens (primary N) is 1. The van der Waals surface area contributed by atoms with Gasteiger partial charge in [0.2, 0.25) is 0 Å². The molecule has 2 heteroatoms. The number of hydrogen-bond donors (Lipinski definition) is 1. The van der Waals surface area contributed by atoms with Crippen LogP contribution in [0.15, 0.2) is 34.8 Å². The minimum Gasteiger partial charge on any atom is -0.324 e. The van der Waals surface area contributed by atoms with E-state index in [0.717, 1.165) is 10.9 Å². The van der Waals surface area contributed by atoms with E-state index < -0.39 is 0 Å². The highest BCUT2D eigenvalue weighted by Crippen LogP contribution is 2.28. The zero-order chi connectivity index (χ0) is 14.9. The molecule has 0 bridgehead atoms. The lowest BCUT2D eigenvalue weighted by molar-refractivity contribution is 0.708. The molecule has 1 nitrogen and oxygen atoms in total. The SMILES string of the molecule is Cc1cc(C)c(C)c(C(N)Cc2cccc(Br)c2)c1C. The fraction of sp³-hybridized carbons (Fsp3) is 0.333. The molecule has 0 heterocycles. The normalized spacial score (nSPS) is 12.5. The van der Waals surface area contributed by atoms with Crippen LogP contribution in [0.5, 0.6) is 0 Å². The Morgan fingerprint density at radius 1 is 1.00 bits per heavy atom. The van der Waals surface area contributed by atoms with Gasteiger partial charge < -0.3 is 5.73 Å². The summed E-state index contributed by atoms with van der Waals surface area (Å²) >= 11 is 3.52. The Bertz CT molecular complexity index is 605. The standard InChI is InChI=1S/C18H22BrN/c1-11-8-12(2)14(4)18(13(11)3)17(20)10-15-6-5-7-16(19)9-15/h5-9,17H,10,20H2,1-4H3. The Hall–Kier alpha value is -1.12. The second-order valence-electron chi connectivity index (χ2n) is 5.61. The van der Waals surface area contributed by atoms with Gasteiger partial charge in [0.05, 0.1) is 0 Å². The summed E-state index contributed by atoms with van der Waals surface area (Å²) in [5, 5.41) is 0. The molecule has 0 aliphatic heterocycles. The van der Waals surface area contributed by atoms with Gasteiger partial charge in [0.25, 0.3) is 0 Å². The molecule has 2 aromatic carbocycles. The zero-order valence-electron chi connectivity index (χ0n) is 12.6. The van der Waals surface area contributed by atoms with Crippen LogP contribution in [-0.4, -0.2) is 0 Å². The van der Waals surface area contributed by atoms with Crippen molar-refractivity contribution in [3.05, 3.63) is 68.2 Å². The third-order valence-corrected chi connectivity index (χ3v) is 4.63. The van der Waals surface area contributed by atoms with E-state index in [0.29, 0.717) is 0 Å². The van der Waals surface area contributed by atoms with E-state index in [1.165, 1.54) is 33.4 Å². The first kappa shape index (κ1) is 15.3. The van der Waals surface area contributed by atoms with E-state index in [1.807, 2.05) is 6.07 Å². The summed E-state index contributed by atoms with van der Waals surface area (Å²) in [4.78, 5) is 0. The Morgan fingerprint density at radius 2 is 1.60 bits per heavy atom. The van der Waals surface area contributed by atoms with E-state index in [2.05, 4.69) is 67.9 Å². The van der Waals surface area contributed by atoms with Crippen LogP contribution in [0.4, 0.5) is 0 Å². The third-order valence-electron chi connectivity index (χ3n) is 4.14. The van der Waals surface area contributed by atoms with Crippen LogP contribution in [-0.2, 0) is 6.42 Å². The third kappa shape index (κ3) is 3.13. The van der Waals surface area contributed by atoms with Gasteiger partial charge in [-0.2, -0.15) is 0 Å². The number of halogens is 1. The van der Waals surface area contributed by atoms with Crippen molar-refractivity contribution in [2.75, 3.05) is 0 Å². The molecule has 2 N–H and O–H groups in total. The average molecular weight is 332 g/mol. The average Bonchev–Trinajstić information content (AvgIpc) is 2.36. The van der Waals surface area contributed by atoms with Gasteiger partial charge in [0, 0.05) is 10.5 Å². The van der Waals surface area contributed by atoms with Crippen LogP contribution in [0, 0.1) is 27.7 Å². The van der Waals surface area contributed by atoms with Crippen molar-refractivity contribution in [2.24, 2.45) is 5.73 Å². The molecular formula is C18H22BrN. The Balaban J connectivity index is 2.37. The van der Waals surface area contributed by atoms with E-state index in [9.17, 15) is 0 Å². The summed E-state index contributed by atoms with van der Waals surface area (Å²) in [6.07, 6.45) is 0.865. The topological polar surface area (TPSA) is 26.0 Å². The van der Waals surface area contributed by atoms with Crippen LogP contribution in [0.1, 0.15) is 39.4 Å².